The zero-order valence-corrected chi connectivity index (χ0v) is 20.8. The largest absolute Gasteiger partial charge is 0.356 e. The van der Waals surface area contributed by atoms with Gasteiger partial charge in [-0.1, -0.05) is 36.4 Å². The van der Waals surface area contributed by atoms with Gasteiger partial charge in [0.1, 0.15) is 0 Å². The first-order chi connectivity index (χ1) is 13.9. The minimum atomic E-state index is -3.19. The molecule has 0 radical (unpaired) electrons. The summed E-state index contributed by atoms with van der Waals surface area (Å²) in [5.74, 6) is 2.94. The normalized spacial score (nSPS) is 22.4. The van der Waals surface area contributed by atoms with E-state index in [1.807, 2.05) is 19.1 Å². The number of nitrogens with one attached hydrogen (secondary N) is 2. The van der Waals surface area contributed by atoms with Crippen LogP contribution in [-0.4, -0.2) is 34.2 Å². The number of benzene rings is 2. The molecule has 4 rings (SSSR count). The van der Waals surface area contributed by atoms with Gasteiger partial charge in [0.15, 0.2) is 15.8 Å². The standard InChI is InChI=1S/C23H29N3O2S.HI/c1-15-12-16(8-11-21(15)29(3,27)28)13-25-23(24-2)26-14-20-19-10-9-17-6-4-5-7-18(17)22(19)20;/h4-8,11-12,19-20,22H,9-10,13-14H2,1-3H3,(H2,24,25,26);1H. The first-order valence-electron chi connectivity index (χ1n) is 10.2. The zero-order chi connectivity index (χ0) is 20.6. The van der Waals surface area contributed by atoms with Crippen LogP contribution in [0, 0.1) is 18.8 Å². The van der Waals surface area contributed by atoms with Gasteiger partial charge in [-0.05, 0) is 65.8 Å². The van der Waals surface area contributed by atoms with E-state index in [1.165, 1.54) is 24.7 Å². The summed E-state index contributed by atoms with van der Waals surface area (Å²) >= 11 is 0. The predicted octanol–water partition coefficient (Wildman–Crippen LogP) is 3.66. The SMILES string of the molecule is CN=C(NCc1ccc(S(C)(=O)=O)c(C)c1)NCC1C2CCc3ccccc3C21.I. The molecule has 5 nitrogen and oxygen atoms in total. The van der Waals surface area contributed by atoms with Crippen LogP contribution >= 0.6 is 24.0 Å². The van der Waals surface area contributed by atoms with E-state index in [4.69, 9.17) is 0 Å². The van der Waals surface area contributed by atoms with Crippen LogP contribution in [0.25, 0.3) is 0 Å². The average Bonchev–Trinajstić information content (AvgIpc) is 3.41. The molecule has 7 heteroatoms. The van der Waals surface area contributed by atoms with Crippen molar-refractivity contribution in [1.82, 2.24) is 10.6 Å². The second-order valence-corrected chi connectivity index (χ2v) is 10.3. The van der Waals surface area contributed by atoms with Gasteiger partial charge in [-0.2, -0.15) is 0 Å². The fourth-order valence-corrected chi connectivity index (χ4v) is 5.80. The van der Waals surface area contributed by atoms with Crippen molar-refractivity contribution < 1.29 is 8.42 Å². The molecular weight excluding hydrogens is 509 g/mol. The molecule has 3 atom stereocenters. The van der Waals surface area contributed by atoms with Gasteiger partial charge in [-0.15, -0.1) is 24.0 Å². The van der Waals surface area contributed by atoms with Crippen LogP contribution in [0.2, 0.25) is 0 Å². The van der Waals surface area contributed by atoms with Gasteiger partial charge in [-0.25, -0.2) is 8.42 Å². The third-order valence-corrected chi connectivity index (χ3v) is 7.58. The van der Waals surface area contributed by atoms with Gasteiger partial charge in [0.25, 0.3) is 0 Å². The number of aryl methyl sites for hydroxylation is 2. The molecular formula is C23H30IN3O2S. The van der Waals surface area contributed by atoms with Gasteiger partial charge >= 0.3 is 0 Å². The van der Waals surface area contributed by atoms with Crippen LogP contribution in [0.5, 0.6) is 0 Å². The van der Waals surface area contributed by atoms with Crippen molar-refractivity contribution in [2.45, 2.75) is 37.1 Å². The van der Waals surface area contributed by atoms with Crippen molar-refractivity contribution in [2.75, 3.05) is 19.8 Å². The molecule has 0 amide bonds. The number of halogens is 1. The van der Waals surface area contributed by atoms with Gasteiger partial charge in [0.2, 0.25) is 0 Å². The molecule has 0 bridgehead atoms. The lowest BCUT2D eigenvalue weighted by Crippen LogP contribution is -2.38. The first-order valence-corrected chi connectivity index (χ1v) is 12.1. The van der Waals surface area contributed by atoms with Gasteiger partial charge < -0.3 is 10.6 Å². The van der Waals surface area contributed by atoms with Crippen LogP contribution in [0.15, 0.2) is 52.4 Å². The molecule has 2 aromatic carbocycles. The fraction of sp³-hybridized carbons (Fsp3) is 0.435. The Bertz CT molecular complexity index is 1050. The molecule has 0 aliphatic heterocycles. The molecule has 0 spiro atoms. The lowest BCUT2D eigenvalue weighted by molar-refractivity contribution is 0.601. The van der Waals surface area contributed by atoms with E-state index in [1.54, 1.807) is 18.7 Å². The highest BCUT2D eigenvalue weighted by Gasteiger charge is 2.52. The summed E-state index contributed by atoms with van der Waals surface area (Å²) in [4.78, 5) is 4.73. The second kappa shape index (κ2) is 9.26. The van der Waals surface area contributed by atoms with Crippen molar-refractivity contribution in [2.24, 2.45) is 16.8 Å². The van der Waals surface area contributed by atoms with Crippen LogP contribution in [0.3, 0.4) is 0 Å². The van der Waals surface area contributed by atoms with Gasteiger partial charge in [-0.3, -0.25) is 4.99 Å². The summed E-state index contributed by atoms with van der Waals surface area (Å²) in [6.45, 7) is 3.36. The second-order valence-electron chi connectivity index (χ2n) is 8.27. The molecule has 2 aliphatic rings. The summed E-state index contributed by atoms with van der Waals surface area (Å²) < 4.78 is 23.5. The Balaban J connectivity index is 0.00000256. The van der Waals surface area contributed by atoms with E-state index in [9.17, 15) is 8.42 Å². The molecule has 2 N–H and O–H groups in total. The monoisotopic (exact) mass is 539 g/mol. The highest BCUT2D eigenvalue weighted by Crippen LogP contribution is 2.59. The lowest BCUT2D eigenvalue weighted by atomic mass is 9.92. The topological polar surface area (TPSA) is 70.6 Å². The minimum absolute atomic E-state index is 0. The van der Waals surface area contributed by atoms with E-state index in [-0.39, 0.29) is 24.0 Å². The van der Waals surface area contributed by atoms with Gasteiger partial charge in [0.05, 0.1) is 4.90 Å². The van der Waals surface area contributed by atoms with Crippen molar-refractivity contribution >= 4 is 39.8 Å². The number of sulfone groups is 1. The summed E-state index contributed by atoms with van der Waals surface area (Å²) in [6.07, 6.45) is 3.72. The summed E-state index contributed by atoms with van der Waals surface area (Å²) in [5, 5.41) is 6.83. The number of aliphatic imine (C=N–C) groups is 1. The zero-order valence-electron chi connectivity index (χ0n) is 17.7. The fourth-order valence-electron chi connectivity index (χ4n) is 4.85. The molecule has 0 aromatic heterocycles. The molecule has 1 saturated carbocycles. The molecule has 162 valence electrons. The Morgan fingerprint density at radius 2 is 1.93 bits per heavy atom. The van der Waals surface area contributed by atoms with E-state index in [0.717, 1.165) is 29.5 Å². The Morgan fingerprint density at radius 3 is 2.63 bits per heavy atom. The molecule has 1 fully saturated rings. The van der Waals surface area contributed by atoms with E-state index >= 15 is 0 Å². The summed E-state index contributed by atoms with van der Waals surface area (Å²) in [5.41, 5.74) is 4.87. The highest BCUT2D eigenvalue weighted by atomic mass is 127. The number of nitrogens with zero attached hydrogens (tertiary/aromatic N) is 1. The van der Waals surface area contributed by atoms with Crippen molar-refractivity contribution in [3.8, 4) is 0 Å². The molecule has 2 aliphatic carbocycles. The van der Waals surface area contributed by atoms with E-state index < -0.39 is 9.84 Å². The van der Waals surface area contributed by atoms with E-state index in [0.29, 0.717) is 23.3 Å². The number of guanidine groups is 1. The first kappa shape index (κ1) is 23.1. The predicted molar refractivity (Wildman–Crippen MR) is 132 cm³/mol. The third kappa shape index (κ3) is 4.82. The molecule has 0 heterocycles. The van der Waals surface area contributed by atoms with Crippen molar-refractivity contribution in [3.05, 3.63) is 64.7 Å². The molecule has 0 saturated heterocycles. The maximum Gasteiger partial charge on any atom is 0.191 e. The highest BCUT2D eigenvalue weighted by molar-refractivity contribution is 14.0. The Morgan fingerprint density at radius 1 is 1.17 bits per heavy atom. The Labute approximate surface area is 196 Å². The summed E-state index contributed by atoms with van der Waals surface area (Å²) in [6, 6.07) is 14.3. The minimum Gasteiger partial charge on any atom is -0.356 e. The number of rotatable bonds is 5. The Hall–Kier alpha value is -1.61. The van der Waals surface area contributed by atoms with Crippen LogP contribution in [-0.2, 0) is 22.8 Å². The number of hydrogen-bond donors (Lipinski definition) is 2. The third-order valence-electron chi connectivity index (χ3n) is 6.32. The quantitative estimate of drug-likeness (QED) is 0.346. The van der Waals surface area contributed by atoms with Crippen molar-refractivity contribution in [1.29, 1.82) is 0 Å². The van der Waals surface area contributed by atoms with Crippen LogP contribution in [0.4, 0.5) is 0 Å². The molecule has 2 aromatic rings. The molecule has 3 unspecified atom stereocenters. The average molecular weight is 539 g/mol. The van der Waals surface area contributed by atoms with E-state index in [2.05, 4.69) is 39.9 Å². The van der Waals surface area contributed by atoms with Crippen LogP contribution in [0.1, 0.15) is 34.6 Å². The maximum atomic E-state index is 11.8. The van der Waals surface area contributed by atoms with Crippen LogP contribution < -0.4 is 10.6 Å². The smallest absolute Gasteiger partial charge is 0.191 e. The van der Waals surface area contributed by atoms with Crippen molar-refractivity contribution in [3.63, 3.8) is 0 Å². The number of hydrogen-bond acceptors (Lipinski definition) is 3. The lowest BCUT2D eigenvalue weighted by Gasteiger charge is -2.13. The summed E-state index contributed by atoms with van der Waals surface area (Å²) in [7, 11) is -1.41. The van der Waals surface area contributed by atoms with Gasteiger partial charge in [0, 0.05) is 26.4 Å². The molecule has 30 heavy (non-hydrogen) atoms. The maximum absolute atomic E-state index is 11.8. The number of fused-ring (bicyclic) bond motifs is 3. The Kier molecular flexibility index (Phi) is 7.12.